The summed E-state index contributed by atoms with van der Waals surface area (Å²) in [6.07, 6.45) is 5.68. The quantitative estimate of drug-likeness (QED) is 0.271. The molecule has 3 rings (SSSR count). The molecule has 2 aromatic heterocycles. The number of aryl methyl sites for hydroxylation is 1. The predicted molar refractivity (Wildman–Crippen MR) is 104 cm³/mol. The van der Waals surface area contributed by atoms with E-state index in [0.29, 0.717) is 27.3 Å². The van der Waals surface area contributed by atoms with Gasteiger partial charge in [-0.15, -0.1) is 11.3 Å². The SMILES string of the molecule is CNC1C(=O)N(S(=O)(=O)O)C1CNC(=O)c1cnc(-c2cnn(CCCN)c2)s1. The number of carbonyl (C=O) groups is 2. The van der Waals surface area contributed by atoms with Crippen molar-refractivity contribution < 1.29 is 22.6 Å². The highest BCUT2D eigenvalue weighted by atomic mass is 32.2. The Labute approximate surface area is 171 Å². The minimum Gasteiger partial charge on any atom is -0.349 e. The van der Waals surface area contributed by atoms with Gasteiger partial charge in [0.05, 0.1) is 18.4 Å². The molecule has 0 spiro atoms. The first-order chi connectivity index (χ1) is 13.8. The monoisotopic (exact) mass is 443 g/mol. The number of rotatable bonds is 9. The maximum absolute atomic E-state index is 12.4. The average Bonchev–Trinajstić information content (AvgIpc) is 3.31. The van der Waals surface area contributed by atoms with Crippen molar-refractivity contribution in [3.05, 3.63) is 23.5 Å². The van der Waals surface area contributed by atoms with Gasteiger partial charge in [0, 0.05) is 24.8 Å². The molecule has 5 N–H and O–H groups in total. The van der Waals surface area contributed by atoms with Gasteiger partial charge in [0.2, 0.25) is 0 Å². The Morgan fingerprint density at radius 1 is 1.41 bits per heavy atom. The number of nitrogens with zero attached hydrogens (tertiary/aromatic N) is 4. The number of β-lactam (4-membered cyclic amide) rings is 1. The molecule has 0 bridgehead atoms. The Morgan fingerprint density at radius 3 is 2.83 bits per heavy atom. The van der Waals surface area contributed by atoms with Crippen molar-refractivity contribution >= 4 is 33.5 Å². The van der Waals surface area contributed by atoms with Crippen LogP contribution < -0.4 is 16.4 Å². The standard InChI is InChI=1S/C15H21N7O5S2/c1-17-12-10(22(15(12)24)29(25,26)27)6-18-13(23)11-7-19-14(28-11)9-5-20-21(8-9)4-2-3-16/h5,7-8,10,12,17H,2-4,6,16H2,1H3,(H,18,23)(H,25,26,27). The molecule has 14 heteroatoms. The summed E-state index contributed by atoms with van der Waals surface area (Å²) in [6, 6.07) is -1.73. The second-order valence-electron chi connectivity index (χ2n) is 6.32. The highest BCUT2D eigenvalue weighted by Crippen LogP contribution is 2.26. The Kier molecular flexibility index (Phi) is 6.28. The van der Waals surface area contributed by atoms with E-state index in [-0.39, 0.29) is 6.54 Å². The number of nitrogens with one attached hydrogen (secondary N) is 2. The minimum absolute atomic E-state index is 0.153. The summed E-state index contributed by atoms with van der Waals surface area (Å²) in [7, 11) is -3.20. The van der Waals surface area contributed by atoms with Crippen molar-refractivity contribution in [1.82, 2.24) is 29.7 Å². The number of thiazole rings is 1. The van der Waals surface area contributed by atoms with Gasteiger partial charge in [-0.2, -0.15) is 13.5 Å². The number of likely N-dealkylation sites (N-methyl/N-ethyl adjacent to an activating group) is 1. The van der Waals surface area contributed by atoms with Crippen LogP contribution >= 0.6 is 11.3 Å². The first kappa shape index (κ1) is 21.3. The van der Waals surface area contributed by atoms with Crippen LogP contribution in [0.5, 0.6) is 0 Å². The van der Waals surface area contributed by atoms with Gasteiger partial charge < -0.3 is 16.4 Å². The van der Waals surface area contributed by atoms with Gasteiger partial charge >= 0.3 is 10.3 Å². The van der Waals surface area contributed by atoms with E-state index >= 15 is 0 Å². The molecule has 158 valence electrons. The van der Waals surface area contributed by atoms with E-state index in [1.807, 2.05) is 6.20 Å². The van der Waals surface area contributed by atoms with E-state index in [9.17, 15) is 22.6 Å². The van der Waals surface area contributed by atoms with Gasteiger partial charge in [-0.1, -0.05) is 0 Å². The lowest BCUT2D eigenvalue weighted by Crippen LogP contribution is -2.73. The smallest absolute Gasteiger partial charge is 0.349 e. The number of aromatic nitrogens is 3. The molecule has 29 heavy (non-hydrogen) atoms. The fourth-order valence-corrected chi connectivity index (χ4v) is 4.65. The fourth-order valence-electron chi connectivity index (χ4n) is 2.97. The zero-order valence-electron chi connectivity index (χ0n) is 15.5. The summed E-state index contributed by atoms with van der Waals surface area (Å²) in [5.74, 6) is -1.24. The third-order valence-electron chi connectivity index (χ3n) is 4.40. The van der Waals surface area contributed by atoms with Crippen LogP contribution in [-0.2, 0) is 21.6 Å². The van der Waals surface area contributed by atoms with Gasteiger partial charge in [0.25, 0.3) is 11.8 Å². The van der Waals surface area contributed by atoms with Crippen LogP contribution in [0.2, 0.25) is 0 Å². The predicted octanol–water partition coefficient (Wildman–Crippen LogP) is -1.31. The van der Waals surface area contributed by atoms with Crippen molar-refractivity contribution in [2.45, 2.75) is 25.0 Å². The molecule has 0 aliphatic carbocycles. The van der Waals surface area contributed by atoms with Crippen LogP contribution in [0.1, 0.15) is 16.1 Å². The molecule has 12 nitrogen and oxygen atoms in total. The number of amides is 2. The van der Waals surface area contributed by atoms with Crippen LogP contribution in [0.3, 0.4) is 0 Å². The van der Waals surface area contributed by atoms with Crippen LogP contribution in [-0.4, -0.2) is 76.1 Å². The van der Waals surface area contributed by atoms with Gasteiger partial charge in [-0.05, 0) is 20.0 Å². The highest BCUT2D eigenvalue weighted by Gasteiger charge is 2.52. The second kappa shape index (κ2) is 8.54. The molecule has 2 amide bonds. The van der Waals surface area contributed by atoms with E-state index in [2.05, 4.69) is 20.7 Å². The average molecular weight is 444 g/mol. The van der Waals surface area contributed by atoms with E-state index in [0.717, 1.165) is 23.3 Å². The number of hydrogen-bond acceptors (Lipinski definition) is 9. The summed E-state index contributed by atoms with van der Waals surface area (Å²) >= 11 is 1.16. The molecule has 2 unspecified atom stereocenters. The summed E-state index contributed by atoms with van der Waals surface area (Å²) in [6.45, 7) is 1.10. The van der Waals surface area contributed by atoms with Crippen LogP contribution in [0, 0.1) is 0 Å². The van der Waals surface area contributed by atoms with Crippen molar-refractivity contribution in [3.63, 3.8) is 0 Å². The van der Waals surface area contributed by atoms with E-state index < -0.39 is 34.2 Å². The Balaban J connectivity index is 1.63. The molecule has 1 aliphatic rings. The van der Waals surface area contributed by atoms with Crippen molar-refractivity contribution in [3.8, 4) is 10.6 Å². The maximum Gasteiger partial charge on any atom is 0.362 e. The first-order valence-electron chi connectivity index (χ1n) is 8.71. The van der Waals surface area contributed by atoms with Gasteiger partial charge in [-0.25, -0.2) is 9.29 Å². The molecular weight excluding hydrogens is 422 g/mol. The molecule has 2 atom stereocenters. The van der Waals surface area contributed by atoms with Crippen LogP contribution in [0.4, 0.5) is 0 Å². The van der Waals surface area contributed by atoms with E-state index in [4.69, 9.17) is 5.73 Å². The molecular formula is C15H21N7O5S2. The molecule has 1 fully saturated rings. The summed E-state index contributed by atoms with van der Waals surface area (Å²) < 4.78 is 33.9. The summed E-state index contributed by atoms with van der Waals surface area (Å²) in [5.41, 5.74) is 6.25. The Bertz CT molecular complexity index is 1000. The van der Waals surface area contributed by atoms with Crippen LogP contribution in [0.15, 0.2) is 18.6 Å². The largest absolute Gasteiger partial charge is 0.362 e. The van der Waals surface area contributed by atoms with Crippen molar-refractivity contribution in [1.29, 1.82) is 0 Å². The molecule has 3 heterocycles. The molecule has 1 aliphatic heterocycles. The zero-order valence-corrected chi connectivity index (χ0v) is 17.1. The zero-order chi connectivity index (χ0) is 21.2. The van der Waals surface area contributed by atoms with Crippen molar-refractivity contribution in [2.75, 3.05) is 20.1 Å². The lowest BCUT2D eigenvalue weighted by molar-refractivity contribution is -0.142. The Hall–Kier alpha value is -2.39. The number of hydrogen-bond donors (Lipinski definition) is 4. The molecule has 0 aromatic carbocycles. The summed E-state index contributed by atoms with van der Waals surface area (Å²) in [4.78, 5) is 28.7. The third-order valence-corrected chi connectivity index (χ3v) is 6.39. The summed E-state index contributed by atoms with van der Waals surface area (Å²) in [5, 5.41) is 10.1. The second-order valence-corrected chi connectivity index (χ2v) is 8.64. The van der Waals surface area contributed by atoms with Crippen molar-refractivity contribution in [2.24, 2.45) is 5.73 Å². The van der Waals surface area contributed by atoms with E-state index in [1.165, 1.54) is 13.2 Å². The number of nitrogens with two attached hydrogens (primary N) is 1. The van der Waals surface area contributed by atoms with Crippen LogP contribution in [0.25, 0.3) is 10.6 Å². The molecule has 2 aromatic rings. The lowest BCUT2D eigenvalue weighted by Gasteiger charge is -2.43. The number of carbonyl (C=O) groups excluding carboxylic acids is 2. The molecule has 0 saturated carbocycles. The molecule has 0 radical (unpaired) electrons. The van der Waals surface area contributed by atoms with Gasteiger partial charge in [0.15, 0.2) is 0 Å². The maximum atomic E-state index is 12.4. The van der Waals surface area contributed by atoms with Gasteiger partial charge in [-0.3, -0.25) is 18.8 Å². The topological polar surface area (TPSA) is 173 Å². The third kappa shape index (κ3) is 4.45. The Morgan fingerprint density at radius 2 is 2.17 bits per heavy atom. The lowest BCUT2D eigenvalue weighted by atomic mass is 9.99. The normalized spacial score (nSPS) is 19.3. The molecule has 1 saturated heterocycles. The first-order valence-corrected chi connectivity index (χ1v) is 10.9. The van der Waals surface area contributed by atoms with E-state index in [1.54, 1.807) is 10.9 Å². The fraction of sp³-hybridized carbons (Fsp3) is 0.467. The minimum atomic E-state index is -4.69. The highest BCUT2D eigenvalue weighted by molar-refractivity contribution is 7.84. The van der Waals surface area contributed by atoms with Gasteiger partial charge in [0.1, 0.15) is 15.9 Å².